The van der Waals surface area contributed by atoms with Gasteiger partial charge in [0.25, 0.3) is 0 Å². The summed E-state index contributed by atoms with van der Waals surface area (Å²) in [6.45, 7) is 4.84. The van der Waals surface area contributed by atoms with E-state index in [0.717, 1.165) is 5.69 Å². The second-order valence-electron chi connectivity index (χ2n) is 4.55. The molecule has 0 aliphatic heterocycles. The van der Waals surface area contributed by atoms with E-state index in [1.807, 2.05) is 6.92 Å². The normalized spacial score (nSPS) is 12.1. The van der Waals surface area contributed by atoms with Gasteiger partial charge >= 0.3 is 5.97 Å². The van der Waals surface area contributed by atoms with Crippen molar-refractivity contribution in [1.82, 2.24) is 0 Å². The van der Waals surface area contributed by atoms with Crippen molar-refractivity contribution in [3.8, 4) is 0 Å². The molecular formula is C15H23NO5. The Hall–Kier alpha value is -1.63. The molecule has 1 atom stereocenters. The van der Waals surface area contributed by atoms with E-state index in [1.165, 1.54) is 0 Å². The largest absolute Gasteiger partial charge is 0.478 e. The lowest BCUT2D eigenvalue weighted by Gasteiger charge is -2.15. The van der Waals surface area contributed by atoms with Crippen molar-refractivity contribution in [1.29, 1.82) is 0 Å². The number of anilines is 1. The molecule has 0 spiro atoms. The highest BCUT2D eigenvalue weighted by Crippen LogP contribution is 2.09. The number of carbonyl (C=O) groups is 1. The Morgan fingerprint density at radius 1 is 1.19 bits per heavy atom. The van der Waals surface area contributed by atoms with E-state index in [-0.39, 0.29) is 11.7 Å². The fourth-order valence-electron chi connectivity index (χ4n) is 1.60. The van der Waals surface area contributed by atoms with Gasteiger partial charge in [0.05, 0.1) is 38.1 Å². The summed E-state index contributed by atoms with van der Waals surface area (Å²) in [6, 6.07) is 6.62. The first-order valence-electron chi connectivity index (χ1n) is 6.89. The Labute approximate surface area is 125 Å². The van der Waals surface area contributed by atoms with E-state index >= 15 is 0 Å². The van der Waals surface area contributed by atoms with Gasteiger partial charge in [-0.3, -0.25) is 0 Å². The van der Waals surface area contributed by atoms with Crippen LogP contribution in [0.5, 0.6) is 0 Å². The molecule has 0 saturated heterocycles. The average molecular weight is 297 g/mol. The summed E-state index contributed by atoms with van der Waals surface area (Å²) in [4.78, 5) is 10.7. The van der Waals surface area contributed by atoms with Gasteiger partial charge < -0.3 is 24.6 Å². The first-order valence-corrected chi connectivity index (χ1v) is 6.89. The maximum atomic E-state index is 10.7. The molecule has 0 heterocycles. The number of hydrogen-bond donors (Lipinski definition) is 2. The molecule has 0 radical (unpaired) electrons. The molecule has 1 rings (SSSR count). The van der Waals surface area contributed by atoms with Crippen molar-refractivity contribution >= 4 is 11.7 Å². The van der Waals surface area contributed by atoms with Gasteiger partial charge in [-0.2, -0.15) is 0 Å². The fraction of sp³-hybridized carbons (Fsp3) is 0.533. The lowest BCUT2D eigenvalue weighted by Crippen LogP contribution is -2.22. The standard InChI is InChI=1S/C15H23NO5/c1-12(21-10-9-20-8-7-19-2)11-16-14-5-3-13(4-6-14)15(17)18/h3-6,12,16H,7-11H2,1-2H3,(H,17,18)/t12-/m0/s1. The van der Waals surface area contributed by atoms with Gasteiger partial charge in [-0.05, 0) is 31.2 Å². The van der Waals surface area contributed by atoms with Gasteiger partial charge in [0, 0.05) is 19.3 Å². The zero-order valence-corrected chi connectivity index (χ0v) is 12.5. The number of methoxy groups -OCH3 is 1. The first-order chi connectivity index (χ1) is 10.1. The van der Waals surface area contributed by atoms with Gasteiger partial charge in [-0.1, -0.05) is 0 Å². The zero-order chi connectivity index (χ0) is 15.5. The van der Waals surface area contributed by atoms with Crippen molar-refractivity contribution in [3.63, 3.8) is 0 Å². The highest BCUT2D eigenvalue weighted by molar-refractivity contribution is 5.87. The quantitative estimate of drug-likeness (QED) is 0.607. The van der Waals surface area contributed by atoms with E-state index in [1.54, 1.807) is 31.4 Å². The van der Waals surface area contributed by atoms with E-state index < -0.39 is 5.97 Å². The summed E-state index contributed by atoms with van der Waals surface area (Å²) in [5.74, 6) is -0.924. The van der Waals surface area contributed by atoms with Gasteiger partial charge in [0.1, 0.15) is 0 Å². The van der Waals surface area contributed by atoms with Crippen molar-refractivity contribution in [2.75, 3.05) is 45.4 Å². The topological polar surface area (TPSA) is 77.0 Å². The Balaban J connectivity index is 2.14. The molecule has 0 aliphatic carbocycles. The Morgan fingerprint density at radius 3 is 2.48 bits per heavy atom. The minimum absolute atomic E-state index is 0.0372. The van der Waals surface area contributed by atoms with Crippen LogP contribution in [0, 0.1) is 0 Å². The Bertz CT molecular complexity index is 407. The number of rotatable bonds is 11. The Morgan fingerprint density at radius 2 is 1.86 bits per heavy atom. The average Bonchev–Trinajstić information content (AvgIpc) is 2.49. The first kappa shape index (κ1) is 17.4. The molecule has 0 saturated carbocycles. The summed E-state index contributed by atoms with van der Waals surface area (Å²) < 4.78 is 15.7. The second-order valence-corrected chi connectivity index (χ2v) is 4.55. The predicted molar refractivity (Wildman–Crippen MR) is 80.0 cm³/mol. The van der Waals surface area contributed by atoms with Crippen molar-refractivity contribution < 1.29 is 24.1 Å². The van der Waals surface area contributed by atoms with Crippen LogP contribution in [0.1, 0.15) is 17.3 Å². The molecule has 1 aromatic rings. The van der Waals surface area contributed by atoms with E-state index in [2.05, 4.69) is 5.32 Å². The summed E-state index contributed by atoms with van der Waals surface area (Å²) in [5.41, 5.74) is 1.14. The molecule has 1 aromatic carbocycles. The number of benzene rings is 1. The smallest absolute Gasteiger partial charge is 0.335 e. The summed E-state index contributed by atoms with van der Waals surface area (Å²) >= 11 is 0. The molecular weight excluding hydrogens is 274 g/mol. The van der Waals surface area contributed by atoms with Crippen LogP contribution >= 0.6 is 0 Å². The summed E-state index contributed by atoms with van der Waals surface area (Å²) in [7, 11) is 1.64. The van der Waals surface area contributed by atoms with Crippen LogP contribution < -0.4 is 5.32 Å². The number of aromatic carboxylic acids is 1. The van der Waals surface area contributed by atoms with Crippen LogP contribution in [-0.2, 0) is 14.2 Å². The minimum Gasteiger partial charge on any atom is -0.478 e. The number of hydrogen-bond acceptors (Lipinski definition) is 5. The van der Waals surface area contributed by atoms with Crippen LogP contribution in [-0.4, -0.2) is 57.3 Å². The van der Waals surface area contributed by atoms with Crippen molar-refractivity contribution in [3.05, 3.63) is 29.8 Å². The van der Waals surface area contributed by atoms with Crippen LogP contribution in [0.4, 0.5) is 5.69 Å². The fourth-order valence-corrected chi connectivity index (χ4v) is 1.60. The summed E-state index contributed by atoms with van der Waals surface area (Å²) in [5, 5.41) is 12.0. The van der Waals surface area contributed by atoms with Crippen molar-refractivity contribution in [2.45, 2.75) is 13.0 Å². The molecule has 2 N–H and O–H groups in total. The zero-order valence-electron chi connectivity index (χ0n) is 12.5. The third-order valence-electron chi connectivity index (χ3n) is 2.79. The lowest BCUT2D eigenvalue weighted by molar-refractivity contribution is 0.00356. The molecule has 0 fully saturated rings. The highest BCUT2D eigenvalue weighted by Gasteiger charge is 2.04. The maximum absolute atomic E-state index is 10.7. The number of nitrogens with one attached hydrogen (secondary N) is 1. The molecule has 0 aromatic heterocycles. The molecule has 0 amide bonds. The van der Waals surface area contributed by atoms with Crippen LogP contribution in [0.3, 0.4) is 0 Å². The summed E-state index contributed by atoms with van der Waals surface area (Å²) in [6.07, 6.45) is 0.0372. The van der Waals surface area contributed by atoms with E-state index in [0.29, 0.717) is 33.0 Å². The number of carboxylic acids is 1. The minimum atomic E-state index is -0.924. The monoisotopic (exact) mass is 297 g/mol. The maximum Gasteiger partial charge on any atom is 0.335 e. The van der Waals surface area contributed by atoms with E-state index in [4.69, 9.17) is 19.3 Å². The molecule has 0 bridgehead atoms. The van der Waals surface area contributed by atoms with Gasteiger partial charge in [-0.25, -0.2) is 4.79 Å². The Kier molecular flexibility index (Phi) is 8.42. The molecule has 0 unspecified atom stereocenters. The van der Waals surface area contributed by atoms with Gasteiger partial charge in [0.2, 0.25) is 0 Å². The van der Waals surface area contributed by atoms with Gasteiger partial charge in [-0.15, -0.1) is 0 Å². The molecule has 6 heteroatoms. The molecule has 6 nitrogen and oxygen atoms in total. The van der Waals surface area contributed by atoms with Crippen molar-refractivity contribution in [2.24, 2.45) is 0 Å². The lowest BCUT2D eigenvalue weighted by atomic mass is 10.2. The third-order valence-corrected chi connectivity index (χ3v) is 2.79. The van der Waals surface area contributed by atoms with Gasteiger partial charge in [0.15, 0.2) is 0 Å². The second kappa shape index (κ2) is 10.1. The highest BCUT2D eigenvalue weighted by atomic mass is 16.5. The number of ether oxygens (including phenoxy) is 3. The molecule has 21 heavy (non-hydrogen) atoms. The predicted octanol–water partition coefficient (Wildman–Crippen LogP) is 1.86. The van der Waals surface area contributed by atoms with Crippen LogP contribution in [0.25, 0.3) is 0 Å². The SMILES string of the molecule is COCCOCCO[C@@H](C)CNc1ccc(C(=O)O)cc1. The van der Waals surface area contributed by atoms with E-state index in [9.17, 15) is 4.79 Å². The molecule has 118 valence electrons. The van der Waals surface area contributed by atoms with Crippen LogP contribution in [0.2, 0.25) is 0 Å². The van der Waals surface area contributed by atoms with Crippen LogP contribution in [0.15, 0.2) is 24.3 Å². The number of carboxylic acid groups (broad SMARTS) is 1. The molecule has 0 aliphatic rings. The third kappa shape index (κ3) is 7.65.